The molecule has 0 aliphatic heterocycles. The minimum absolute atomic E-state index is 0.0566. The number of methoxy groups -OCH3 is 1. The fourth-order valence-electron chi connectivity index (χ4n) is 2.42. The van der Waals surface area contributed by atoms with Crippen LogP contribution < -0.4 is 10.5 Å². The molecule has 1 heterocycles. The summed E-state index contributed by atoms with van der Waals surface area (Å²) in [4.78, 5) is 11.3. The van der Waals surface area contributed by atoms with Gasteiger partial charge in [-0.15, -0.1) is 0 Å². The van der Waals surface area contributed by atoms with E-state index < -0.39 is 21.5 Å². The van der Waals surface area contributed by atoms with E-state index in [0.29, 0.717) is 12.8 Å². The molecule has 8 heteroatoms. The largest absolute Gasteiger partial charge is 0.465 e. The fraction of sp³-hybridized carbons (Fsp3) is 0.583. The minimum Gasteiger partial charge on any atom is -0.465 e. The van der Waals surface area contributed by atoms with Gasteiger partial charge < -0.3 is 14.9 Å². The maximum Gasteiger partial charge on any atom is 0.341 e. The predicted molar refractivity (Wildman–Crippen MR) is 70.6 cm³/mol. The van der Waals surface area contributed by atoms with Crippen LogP contribution in [-0.2, 0) is 14.8 Å². The minimum atomic E-state index is -3.84. The summed E-state index contributed by atoms with van der Waals surface area (Å²) in [6.07, 6.45) is 4.33. The Morgan fingerprint density at radius 2 is 2.15 bits per heavy atom. The third kappa shape index (κ3) is 2.87. The third-order valence-electron chi connectivity index (χ3n) is 3.56. The normalized spacial score (nSPS) is 18.1. The first-order valence-electron chi connectivity index (χ1n) is 6.33. The summed E-state index contributed by atoms with van der Waals surface area (Å²) >= 11 is 0. The monoisotopic (exact) mass is 302 g/mol. The summed E-state index contributed by atoms with van der Waals surface area (Å²) in [5, 5.41) is -0.308. The number of ether oxygens (including phenoxy) is 1. The number of hydrogen-bond acceptors (Lipinski definition) is 6. The van der Waals surface area contributed by atoms with Crippen LogP contribution in [0.2, 0.25) is 0 Å². The Hall–Kier alpha value is -1.38. The second-order valence-corrected chi connectivity index (χ2v) is 6.56. The van der Waals surface area contributed by atoms with Gasteiger partial charge in [0.2, 0.25) is 5.09 Å². The topological polar surface area (TPSA) is 112 Å². The number of carbonyl (C=O) groups excluding carboxylic acids is 1. The van der Waals surface area contributed by atoms with Crippen LogP contribution in [0.25, 0.3) is 0 Å². The van der Waals surface area contributed by atoms with Gasteiger partial charge in [0.25, 0.3) is 10.0 Å². The van der Waals surface area contributed by atoms with E-state index in [1.165, 1.54) is 7.11 Å². The highest BCUT2D eigenvalue weighted by Gasteiger charge is 2.38. The van der Waals surface area contributed by atoms with E-state index in [0.717, 1.165) is 25.2 Å². The summed E-state index contributed by atoms with van der Waals surface area (Å²) in [5.74, 6) is -0.649. The molecule has 0 atom stereocenters. The first kappa shape index (κ1) is 15.0. The van der Waals surface area contributed by atoms with Crippen molar-refractivity contribution < 1.29 is 22.4 Å². The number of hydrogen-bond donors (Lipinski definition) is 2. The number of furan rings is 1. The molecule has 0 aromatic carbocycles. The Bertz CT molecular complexity index is 587. The van der Waals surface area contributed by atoms with Crippen molar-refractivity contribution in [2.45, 2.75) is 36.3 Å². The van der Waals surface area contributed by atoms with Gasteiger partial charge in [0.15, 0.2) is 0 Å². The Kier molecular flexibility index (Phi) is 4.17. The smallest absolute Gasteiger partial charge is 0.341 e. The number of nitrogens with one attached hydrogen (secondary N) is 1. The average molecular weight is 302 g/mol. The Balaban J connectivity index is 2.22. The molecule has 1 saturated carbocycles. The van der Waals surface area contributed by atoms with Crippen molar-refractivity contribution in [3.05, 3.63) is 17.9 Å². The molecule has 1 aromatic heterocycles. The Morgan fingerprint density at radius 3 is 2.70 bits per heavy atom. The van der Waals surface area contributed by atoms with Crippen LogP contribution in [0.15, 0.2) is 21.8 Å². The number of esters is 1. The fourth-order valence-corrected chi connectivity index (χ4v) is 3.83. The first-order chi connectivity index (χ1) is 9.42. The van der Waals surface area contributed by atoms with Crippen LogP contribution in [0.3, 0.4) is 0 Å². The summed E-state index contributed by atoms with van der Waals surface area (Å²) in [5.41, 5.74) is 5.14. The quantitative estimate of drug-likeness (QED) is 0.771. The van der Waals surface area contributed by atoms with Crippen LogP contribution in [0.1, 0.15) is 36.0 Å². The first-order valence-corrected chi connectivity index (χ1v) is 7.82. The molecule has 3 N–H and O–H groups in total. The molecular formula is C12H18N2O5S. The molecule has 0 bridgehead atoms. The van der Waals surface area contributed by atoms with Crippen LogP contribution in [-0.4, -0.2) is 33.6 Å². The lowest BCUT2D eigenvalue weighted by Crippen LogP contribution is -2.51. The zero-order valence-corrected chi connectivity index (χ0v) is 12.0. The van der Waals surface area contributed by atoms with E-state index in [1.807, 2.05) is 0 Å². The highest BCUT2D eigenvalue weighted by atomic mass is 32.2. The van der Waals surface area contributed by atoms with Gasteiger partial charge in [-0.25, -0.2) is 17.9 Å². The van der Waals surface area contributed by atoms with E-state index in [4.69, 9.17) is 10.2 Å². The van der Waals surface area contributed by atoms with Crippen LogP contribution >= 0.6 is 0 Å². The van der Waals surface area contributed by atoms with Crippen molar-refractivity contribution in [2.24, 2.45) is 5.73 Å². The molecule has 0 saturated heterocycles. The van der Waals surface area contributed by atoms with Gasteiger partial charge in [-0.3, -0.25) is 0 Å². The van der Waals surface area contributed by atoms with Crippen molar-refractivity contribution in [1.82, 2.24) is 4.72 Å². The second kappa shape index (κ2) is 5.55. The lowest BCUT2D eigenvalue weighted by Gasteiger charge is -2.27. The molecule has 0 radical (unpaired) electrons. The molecule has 0 amide bonds. The molecule has 20 heavy (non-hydrogen) atoms. The summed E-state index contributed by atoms with van der Waals surface area (Å²) < 4.78 is 36.6. The zero-order chi connectivity index (χ0) is 14.8. The molecule has 1 aliphatic carbocycles. The molecule has 1 aliphatic rings. The van der Waals surface area contributed by atoms with E-state index >= 15 is 0 Å². The molecule has 7 nitrogen and oxygen atoms in total. The van der Waals surface area contributed by atoms with Gasteiger partial charge in [-0.05, 0) is 12.8 Å². The maximum absolute atomic E-state index is 12.3. The average Bonchev–Trinajstić information content (AvgIpc) is 3.07. The van der Waals surface area contributed by atoms with Gasteiger partial charge in [-0.2, -0.15) is 0 Å². The van der Waals surface area contributed by atoms with Crippen molar-refractivity contribution >= 4 is 16.0 Å². The lowest BCUT2D eigenvalue weighted by atomic mass is 10.0. The van der Waals surface area contributed by atoms with E-state index in [1.54, 1.807) is 0 Å². The number of nitrogens with two attached hydrogens (primary N) is 1. The molecule has 2 rings (SSSR count). The number of rotatable bonds is 5. The van der Waals surface area contributed by atoms with Crippen LogP contribution in [0.4, 0.5) is 0 Å². The highest BCUT2D eigenvalue weighted by Crippen LogP contribution is 2.30. The van der Waals surface area contributed by atoms with Crippen LogP contribution in [0.5, 0.6) is 0 Å². The highest BCUT2D eigenvalue weighted by molar-refractivity contribution is 7.89. The molecule has 112 valence electrons. The summed E-state index contributed by atoms with van der Waals surface area (Å²) in [6, 6.07) is 1.15. The van der Waals surface area contributed by atoms with E-state index in [-0.39, 0.29) is 17.2 Å². The second-order valence-electron chi connectivity index (χ2n) is 4.94. The zero-order valence-electron chi connectivity index (χ0n) is 11.2. The molecular weight excluding hydrogens is 284 g/mol. The lowest BCUT2D eigenvalue weighted by molar-refractivity contribution is 0.0600. The maximum atomic E-state index is 12.3. The predicted octanol–water partition coefficient (Wildman–Crippen LogP) is 0.616. The Labute approximate surface area is 117 Å². The summed E-state index contributed by atoms with van der Waals surface area (Å²) in [7, 11) is -2.63. The Morgan fingerprint density at radius 1 is 1.50 bits per heavy atom. The number of sulfonamides is 1. The van der Waals surface area contributed by atoms with Gasteiger partial charge in [0, 0.05) is 18.2 Å². The van der Waals surface area contributed by atoms with Crippen molar-refractivity contribution in [3.8, 4) is 0 Å². The van der Waals surface area contributed by atoms with Crippen LogP contribution in [0, 0.1) is 0 Å². The molecule has 0 spiro atoms. The molecule has 1 aromatic rings. The van der Waals surface area contributed by atoms with Crippen molar-refractivity contribution in [3.63, 3.8) is 0 Å². The van der Waals surface area contributed by atoms with Crippen molar-refractivity contribution in [1.29, 1.82) is 0 Å². The molecule has 0 unspecified atom stereocenters. The van der Waals surface area contributed by atoms with Gasteiger partial charge in [-0.1, -0.05) is 12.8 Å². The molecule has 1 fully saturated rings. The van der Waals surface area contributed by atoms with E-state index in [9.17, 15) is 13.2 Å². The number of carbonyl (C=O) groups is 1. The van der Waals surface area contributed by atoms with Gasteiger partial charge >= 0.3 is 5.97 Å². The third-order valence-corrected chi connectivity index (χ3v) is 5.01. The SMILES string of the molecule is COC(=O)c1coc(S(=O)(=O)NC2(CN)CCCC2)c1. The van der Waals surface area contributed by atoms with Crippen molar-refractivity contribution in [2.75, 3.05) is 13.7 Å². The van der Waals surface area contributed by atoms with E-state index in [2.05, 4.69) is 9.46 Å². The van der Waals surface area contributed by atoms with Gasteiger partial charge in [0.1, 0.15) is 6.26 Å². The van der Waals surface area contributed by atoms with Gasteiger partial charge in [0.05, 0.1) is 12.7 Å². The standard InChI is InChI=1S/C12H18N2O5S/c1-18-11(15)9-6-10(19-7-9)20(16,17)14-12(8-13)4-2-3-5-12/h6-7,14H,2-5,8,13H2,1H3. The summed E-state index contributed by atoms with van der Waals surface area (Å²) in [6.45, 7) is 0.233.